The van der Waals surface area contributed by atoms with E-state index in [4.69, 9.17) is 0 Å². The van der Waals surface area contributed by atoms with Crippen molar-refractivity contribution < 1.29 is 0 Å². The van der Waals surface area contributed by atoms with Crippen LogP contribution in [-0.4, -0.2) is 29.1 Å². The van der Waals surface area contributed by atoms with E-state index in [1.165, 1.54) is 19.3 Å². The lowest BCUT2D eigenvalue weighted by molar-refractivity contribution is 0.347. The normalized spacial score (nSPS) is 15.7. The first-order valence-corrected chi connectivity index (χ1v) is 8.98. The van der Waals surface area contributed by atoms with Gasteiger partial charge < -0.3 is 4.57 Å². The second-order valence-electron chi connectivity index (χ2n) is 6.76. The van der Waals surface area contributed by atoms with Gasteiger partial charge in [-0.3, -0.25) is 9.78 Å². The third-order valence-electron chi connectivity index (χ3n) is 5.17. The first kappa shape index (κ1) is 15.2. The highest BCUT2D eigenvalue weighted by Gasteiger charge is 2.18. The summed E-state index contributed by atoms with van der Waals surface area (Å²) >= 11 is 0. The van der Waals surface area contributed by atoms with Crippen molar-refractivity contribution >= 4 is 16.7 Å². The fourth-order valence-corrected chi connectivity index (χ4v) is 3.80. The zero-order chi connectivity index (χ0) is 17.5. The first-order chi connectivity index (χ1) is 12.8. The molecule has 7 heteroatoms. The van der Waals surface area contributed by atoms with Crippen LogP contribution in [0.25, 0.3) is 28.1 Å². The van der Waals surface area contributed by atoms with Crippen molar-refractivity contribution in [2.75, 3.05) is 0 Å². The molecule has 0 unspecified atom stereocenters. The zero-order valence-electron chi connectivity index (χ0n) is 14.2. The molecule has 0 bridgehead atoms. The largest absolute Gasteiger partial charge is 0.312 e. The quantitative estimate of drug-likeness (QED) is 0.557. The fraction of sp³-hybridized carbons (Fsp3) is 0.316. The number of fused-ring (bicyclic) bond motifs is 3. The van der Waals surface area contributed by atoms with Crippen molar-refractivity contribution in [3.05, 3.63) is 53.3 Å². The van der Waals surface area contributed by atoms with Crippen LogP contribution in [0.1, 0.15) is 38.1 Å². The van der Waals surface area contributed by atoms with Gasteiger partial charge in [0.2, 0.25) is 0 Å². The molecule has 0 amide bonds. The van der Waals surface area contributed by atoms with E-state index < -0.39 is 0 Å². The minimum atomic E-state index is 0.00441. The van der Waals surface area contributed by atoms with Crippen LogP contribution in [0.15, 0.2) is 47.8 Å². The average Bonchev–Trinajstić information content (AvgIpc) is 3.14. The molecule has 0 aliphatic heterocycles. The van der Waals surface area contributed by atoms with E-state index in [-0.39, 0.29) is 5.56 Å². The lowest BCUT2D eigenvalue weighted by Gasteiger charge is -2.24. The Labute approximate surface area is 149 Å². The van der Waals surface area contributed by atoms with E-state index in [2.05, 4.69) is 20.1 Å². The Balaban J connectivity index is 1.67. The van der Waals surface area contributed by atoms with Crippen molar-refractivity contribution in [1.82, 2.24) is 29.1 Å². The van der Waals surface area contributed by atoms with Crippen molar-refractivity contribution in [1.29, 1.82) is 0 Å². The first-order valence-electron chi connectivity index (χ1n) is 8.98. The summed E-state index contributed by atoms with van der Waals surface area (Å²) in [6.45, 7) is 0. The Kier molecular flexibility index (Phi) is 3.51. The highest BCUT2D eigenvalue weighted by atomic mass is 16.1. The van der Waals surface area contributed by atoms with Crippen molar-refractivity contribution in [2.24, 2.45) is 0 Å². The SMILES string of the molecule is O=c1c2cnc3nc(-c4ccncc4)nn3c2ccn1C1CCCCC1. The maximum absolute atomic E-state index is 13.0. The van der Waals surface area contributed by atoms with Crippen molar-refractivity contribution in [2.45, 2.75) is 38.1 Å². The van der Waals surface area contributed by atoms with Crippen LogP contribution in [-0.2, 0) is 0 Å². The van der Waals surface area contributed by atoms with Crippen molar-refractivity contribution in [3.8, 4) is 11.4 Å². The summed E-state index contributed by atoms with van der Waals surface area (Å²) in [7, 11) is 0. The number of hydrogen-bond donors (Lipinski definition) is 0. The van der Waals surface area contributed by atoms with E-state index >= 15 is 0 Å². The molecular weight excluding hydrogens is 328 g/mol. The van der Waals surface area contributed by atoms with Crippen molar-refractivity contribution in [3.63, 3.8) is 0 Å². The lowest BCUT2D eigenvalue weighted by Crippen LogP contribution is -2.26. The molecule has 0 N–H and O–H groups in total. The topological polar surface area (TPSA) is 78.0 Å². The summed E-state index contributed by atoms with van der Waals surface area (Å²) in [4.78, 5) is 25.9. The molecule has 1 saturated carbocycles. The third kappa shape index (κ3) is 2.39. The zero-order valence-corrected chi connectivity index (χ0v) is 14.2. The van der Waals surface area contributed by atoms with Gasteiger partial charge in [-0.25, -0.2) is 4.98 Å². The molecule has 5 rings (SSSR count). The van der Waals surface area contributed by atoms with Gasteiger partial charge in [-0.2, -0.15) is 9.50 Å². The monoisotopic (exact) mass is 346 g/mol. The van der Waals surface area contributed by atoms with Gasteiger partial charge in [0.15, 0.2) is 5.82 Å². The van der Waals surface area contributed by atoms with E-state index in [9.17, 15) is 4.79 Å². The van der Waals surface area contributed by atoms with Crippen LogP contribution in [0.3, 0.4) is 0 Å². The maximum Gasteiger partial charge on any atom is 0.261 e. The minimum absolute atomic E-state index is 0.00441. The molecular formula is C19H18N6O. The maximum atomic E-state index is 13.0. The molecule has 0 atom stereocenters. The van der Waals surface area contributed by atoms with E-state index in [1.807, 2.05) is 29.0 Å². The summed E-state index contributed by atoms with van der Waals surface area (Å²) in [5.74, 6) is 1.06. The van der Waals surface area contributed by atoms with Gasteiger partial charge in [-0.1, -0.05) is 19.3 Å². The Hall–Kier alpha value is -3.09. The van der Waals surface area contributed by atoms with Crippen LogP contribution in [0, 0.1) is 0 Å². The lowest BCUT2D eigenvalue weighted by atomic mass is 9.95. The summed E-state index contributed by atoms with van der Waals surface area (Å²) in [6, 6.07) is 5.95. The molecule has 1 aliphatic rings. The van der Waals surface area contributed by atoms with E-state index in [0.717, 1.165) is 23.9 Å². The third-order valence-corrected chi connectivity index (χ3v) is 5.17. The molecule has 0 radical (unpaired) electrons. The van der Waals surface area contributed by atoms with Crippen LogP contribution >= 0.6 is 0 Å². The molecule has 0 saturated heterocycles. The van der Waals surface area contributed by atoms with E-state index in [1.54, 1.807) is 23.1 Å². The molecule has 7 nitrogen and oxygen atoms in total. The van der Waals surface area contributed by atoms with Gasteiger partial charge in [-0.15, -0.1) is 5.10 Å². The van der Waals surface area contributed by atoms with E-state index in [0.29, 0.717) is 23.0 Å². The number of rotatable bonds is 2. The Morgan fingerprint density at radius 1 is 1.04 bits per heavy atom. The molecule has 0 aromatic carbocycles. The summed E-state index contributed by atoms with van der Waals surface area (Å²) in [5, 5.41) is 5.14. The highest BCUT2D eigenvalue weighted by Crippen LogP contribution is 2.27. The molecule has 4 aromatic rings. The highest BCUT2D eigenvalue weighted by molar-refractivity contribution is 5.79. The number of pyridine rings is 2. The molecule has 0 spiro atoms. The predicted octanol–water partition coefficient (Wildman–Crippen LogP) is 3.01. The van der Waals surface area contributed by atoms with Crippen LogP contribution in [0.5, 0.6) is 0 Å². The van der Waals surface area contributed by atoms with Crippen LogP contribution < -0.4 is 5.56 Å². The van der Waals surface area contributed by atoms with Gasteiger partial charge in [-0.05, 0) is 31.0 Å². The number of aromatic nitrogens is 6. The second kappa shape index (κ2) is 6.01. The molecule has 130 valence electrons. The van der Waals surface area contributed by atoms with Gasteiger partial charge in [0, 0.05) is 36.4 Å². The van der Waals surface area contributed by atoms with Gasteiger partial charge in [0.05, 0.1) is 10.9 Å². The van der Waals surface area contributed by atoms with Crippen LogP contribution in [0.2, 0.25) is 0 Å². The second-order valence-corrected chi connectivity index (χ2v) is 6.76. The molecule has 26 heavy (non-hydrogen) atoms. The smallest absolute Gasteiger partial charge is 0.261 e. The molecule has 4 aromatic heterocycles. The molecule has 1 aliphatic carbocycles. The number of hydrogen-bond acceptors (Lipinski definition) is 5. The van der Waals surface area contributed by atoms with Gasteiger partial charge in [0.1, 0.15) is 0 Å². The standard InChI is InChI=1S/C19H18N6O/c26-18-15-12-21-19-22-17(13-6-9-20-10-7-13)23-25(19)16(15)8-11-24(18)14-4-2-1-3-5-14/h6-12,14H,1-5H2. The van der Waals surface area contributed by atoms with Gasteiger partial charge in [0.25, 0.3) is 11.3 Å². The summed E-state index contributed by atoms with van der Waals surface area (Å²) in [5.41, 5.74) is 1.61. The Bertz CT molecular complexity index is 1140. The predicted molar refractivity (Wildman–Crippen MR) is 97.9 cm³/mol. The number of nitrogens with zero attached hydrogens (tertiary/aromatic N) is 6. The van der Waals surface area contributed by atoms with Gasteiger partial charge >= 0.3 is 0 Å². The molecule has 4 heterocycles. The summed E-state index contributed by atoms with van der Waals surface area (Å²) < 4.78 is 3.52. The minimum Gasteiger partial charge on any atom is -0.312 e. The Morgan fingerprint density at radius 3 is 2.65 bits per heavy atom. The van der Waals surface area contributed by atoms with Crippen LogP contribution in [0.4, 0.5) is 0 Å². The Morgan fingerprint density at radius 2 is 1.85 bits per heavy atom. The average molecular weight is 346 g/mol. The fourth-order valence-electron chi connectivity index (χ4n) is 3.80. The summed E-state index contributed by atoms with van der Waals surface area (Å²) in [6.07, 6.45) is 12.7. The molecule has 1 fully saturated rings.